The van der Waals surface area contributed by atoms with Crippen molar-refractivity contribution in [3.63, 3.8) is 0 Å². The largest absolute Gasteiger partial charge is 0.507 e. The number of aliphatic hydroxyl groups is 1. The van der Waals surface area contributed by atoms with Crippen LogP contribution in [0.25, 0.3) is 5.76 Å². The van der Waals surface area contributed by atoms with Crippen molar-refractivity contribution < 1.29 is 19.4 Å². The van der Waals surface area contributed by atoms with Crippen molar-refractivity contribution in [1.29, 1.82) is 0 Å². The summed E-state index contributed by atoms with van der Waals surface area (Å²) < 4.78 is 5.65. The number of amides is 1. The summed E-state index contributed by atoms with van der Waals surface area (Å²) in [6, 6.07) is 14.7. The summed E-state index contributed by atoms with van der Waals surface area (Å²) in [5.74, 6) is -0.889. The predicted octanol–water partition coefficient (Wildman–Crippen LogP) is 4.69. The van der Waals surface area contributed by atoms with Crippen LogP contribution in [0.15, 0.2) is 72.6 Å². The van der Waals surface area contributed by atoms with Crippen LogP contribution in [0.4, 0.5) is 5.69 Å². The number of ether oxygens (including phenoxy) is 1. The number of halogens is 1. The van der Waals surface area contributed by atoms with Crippen molar-refractivity contribution in [2.75, 3.05) is 11.5 Å². The molecule has 6 nitrogen and oxygen atoms in total. The van der Waals surface area contributed by atoms with E-state index in [-0.39, 0.29) is 11.3 Å². The van der Waals surface area contributed by atoms with Crippen LogP contribution < -0.4 is 9.64 Å². The maximum absolute atomic E-state index is 13.2. The topological polar surface area (TPSA) is 79.7 Å². The molecule has 0 saturated carbocycles. The number of aliphatic hydroxyl groups excluding tert-OH is 1. The van der Waals surface area contributed by atoms with E-state index in [1.54, 1.807) is 60.9 Å². The monoisotopic (exact) mass is 446 g/mol. The fraction of sp³-hybridized carbons (Fsp3) is 0.160. The van der Waals surface area contributed by atoms with Gasteiger partial charge in [-0.25, -0.2) is 0 Å². The number of anilines is 1. The molecule has 1 atom stereocenters. The first-order chi connectivity index (χ1) is 15.5. The lowest BCUT2D eigenvalue weighted by atomic mass is 9.94. The number of nitrogens with zero attached hydrogens (tertiary/aromatic N) is 2. The first kappa shape index (κ1) is 20.3. The van der Waals surface area contributed by atoms with E-state index in [0.717, 1.165) is 24.2 Å². The number of rotatable bonds is 3. The van der Waals surface area contributed by atoms with Gasteiger partial charge < -0.3 is 9.84 Å². The van der Waals surface area contributed by atoms with Crippen molar-refractivity contribution in [3.8, 4) is 5.75 Å². The third-order valence-corrected chi connectivity index (χ3v) is 6.00. The Hall–Kier alpha value is -3.64. The number of carbonyl (C=O) groups is 2. The summed E-state index contributed by atoms with van der Waals surface area (Å²) in [6.07, 6.45) is 4.89. The zero-order chi connectivity index (χ0) is 22.2. The molecule has 0 bridgehead atoms. The van der Waals surface area contributed by atoms with Gasteiger partial charge in [0.25, 0.3) is 11.7 Å². The average molecular weight is 447 g/mol. The molecule has 1 amide bonds. The highest BCUT2D eigenvalue weighted by Crippen LogP contribution is 2.42. The molecule has 0 aliphatic carbocycles. The van der Waals surface area contributed by atoms with Crippen LogP contribution in [0.1, 0.15) is 29.2 Å². The number of hydrogen-bond acceptors (Lipinski definition) is 5. The van der Waals surface area contributed by atoms with Gasteiger partial charge >= 0.3 is 0 Å². The normalized spacial score (nSPS) is 19.5. The van der Waals surface area contributed by atoms with Crippen LogP contribution in [-0.4, -0.2) is 28.4 Å². The van der Waals surface area contributed by atoms with Crippen molar-refractivity contribution in [2.24, 2.45) is 0 Å². The van der Waals surface area contributed by atoms with E-state index in [0.29, 0.717) is 28.4 Å². The number of carbonyl (C=O) groups excluding carboxylic acids is 2. The van der Waals surface area contributed by atoms with Crippen molar-refractivity contribution in [3.05, 3.63) is 94.3 Å². The lowest BCUT2D eigenvalue weighted by molar-refractivity contribution is -0.132. The molecular weight excluding hydrogens is 428 g/mol. The molecular formula is C25H19ClN2O4. The molecule has 160 valence electrons. The lowest BCUT2D eigenvalue weighted by Gasteiger charge is -2.25. The highest BCUT2D eigenvalue weighted by atomic mass is 35.5. The molecule has 1 saturated heterocycles. The maximum atomic E-state index is 13.2. The minimum absolute atomic E-state index is 0.0350. The van der Waals surface area contributed by atoms with E-state index in [4.69, 9.17) is 16.3 Å². The summed E-state index contributed by atoms with van der Waals surface area (Å²) >= 11 is 6.02. The third kappa shape index (κ3) is 3.42. The molecule has 1 aromatic heterocycles. The molecule has 5 rings (SSSR count). The van der Waals surface area contributed by atoms with Crippen LogP contribution in [0.5, 0.6) is 5.75 Å². The van der Waals surface area contributed by atoms with Crippen molar-refractivity contribution in [1.82, 2.24) is 4.98 Å². The number of ketones is 1. The Bertz CT molecular complexity index is 1240. The van der Waals surface area contributed by atoms with Gasteiger partial charge in [0.2, 0.25) is 0 Å². The number of hydrogen-bond donors (Lipinski definition) is 1. The second-order valence-corrected chi connectivity index (χ2v) is 8.14. The molecule has 1 fully saturated rings. The summed E-state index contributed by atoms with van der Waals surface area (Å²) in [6.45, 7) is 0.659. The van der Waals surface area contributed by atoms with E-state index in [2.05, 4.69) is 4.98 Å². The SMILES string of the molecule is O=C1C(=O)N(c2ccc(Cl)cc2)C(c2ccncc2)/C1=C(/O)c1ccc2c(c1)CCCO2. The number of benzene rings is 2. The van der Waals surface area contributed by atoms with Gasteiger partial charge in [-0.3, -0.25) is 19.5 Å². The fourth-order valence-corrected chi connectivity index (χ4v) is 4.35. The second-order valence-electron chi connectivity index (χ2n) is 7.70. The molecule has 2 aliphatic heterocycles. The van der Waals surface area contributed by atoms with Gasteiger partial charge in [0, 0.05) is 28.7 Å². The maximum Gasteiger partial charge on any atom is 0.300 e. The molecule has 2 aromatic carbocycles. The summed E-state index contributed by atoms with van der Waals surface area (Å²) in [4.78, 5) is 31.7. The highest BCUT2D eigenvalue weighted by molar-refractivity contribution is 6.51. The van der Waals surface area contributed by atoms with Gasteiger partial charge in [0.15, 0.2) is 0 Å². The molecule has 1 unspecified atom stereocenters. The standard InChI is InChI=1S/C25H19ClN2O4/c26-18-4-6-19(7-5-18)28-22(15-9-11-27-12-10-15)21(24(30)25(28)31)23(29)17-3-8-20-16(14-17)2-1-13-32-20/h3-12,14,22,29H,1-2,13H2/b23-21-. The van der Waals surface area contributed by atoms with E-state index >= 15 is 0 Å². The first-order valence-electron chi connectivity index (χ1n) is 10.3. The minimum atomic E-state index is -0.800. The molecule has 3 aromatic rings. The van der Waals surface area contributed by atoms with E-state index in [9.17, 15) is 14.7 Å². The third-order valence-electron chi connectivity index (χ3n) is 5.75. The number of Topliss-reactive ketones (excluding diaryl/α,β-unsaturated/α-hetero) is 1. The first-order valence-corrected chi connectivity index (χ1v) is 10.6. The number of pyridine rings is 1. The van der Waals surface area contributed by atoms with Gasteiger partial charge in [0.1, 0.15) is 11.5 Å². The number of aryl methyl sites for hydroxylation is 1. The van der Waals surface area contributed by atoms with E-state index < -0.39 is 17.7 Å². The Labute approximate surface area is 189 Å². The summed E-state index contributed by atoms with van der Waals surface area (Å²) in [7, 11) is 0. The molecule has 32 heavy (non-hydrogen) atoms. The van der Waals surface area contributed by atoms with Gasteiger partial charge in [-0.1, -0.05) is 11.6 Å². The highest BCUT2D eigenvalue weighted by Gasteiger charge is 2.47. The van der Waals surface area contributed by atoms with Gasteiger partial charge in [0.05, 0.1) is 18.2 Å². The van der Waals surface area contributed by atoms with E-state index in [1.807, 2.05) is 6.07 Å². The van der Waals surface area contributed by atoms with Crippen LogP contribution in [0.3, 0.4) is 0 Å². The number of aromatic nitrogens is 1. The quantitative estimate of drug-likeness (QED) is 0.359. The van der Waals surface area contributed by atoms with Crippen molar-refractivity contribution in [2.45, 2.75) is 18.9 Å². The average Bonchev–Trinajstić information content (AvgIpc) is 3.10. The van der Waals surface area contributed by atoms with Gasteiger partial charge in [-0.05, 0) is 78.6 Å². The zero-order valence-corrected chi connectivity index (χ0v) is 17.7. The van der Waals surface area contributed by atoms with Gasteiger partial charge in [-0.2, -0.15) is 0 Å². The zero-order valence-electron chi connectivity index (χ0n) is 17.0. The van der Waals surface area contributed by atoms with Crippen LogP contribution in [-0.2, 0) is 16.0 Å². The molecule has 2 aliphatic rings. The number of fused-ring (bicyclic) bond motifs is 1. The van der Waals surface area contributed by atoms with Gasteiger partial charge in [-0.15, -0.1) is 0 Å². The Balaban J connectivity index is 1.68. The Morgan fingerprint density at radius 2 is 1.81 bits per heavy atom. The molecule has 3 heterocycles. The van der Waals surface area contributed by atoms with Crippen LogP contribution >= 0.6 is 11.6 Å². The summed E-state index contributed by atoms with van der Waals surface area (Å²) in [5.41, 5.74) is 2.65. The van der Waals surface area contributed by atoms with Crippen LogP contribution in [0.2, 0.25) is 5.02 Å². The molecule has 0 radical (unpaired) electrons. The minimum Gasteiger partial charge on any atom is -0.507 e. The fourth-order valence-electron chi connectivity index (χ4n) is 4.22. The van der Waals surface area contributed by atoms with E-state index in [1.165, 1.54) is 4.90 Å². The van der Waals surface area contributed by atoms with Crippen molar-refractivity contribution >= 4 is 34.7 Å². The second kappa shape index (κ2) is 8.13. The Kier molecular flexibility index (Phi) is 5.15. The lowest BCUT2D eigenvalue weighted by Crippen LogP contribution is -2.29. The molecule has 0 spiro atoms. The smallest absolute Gasteiger partial charge is 0.300 e. The Morgan fingerprint density at radius 1 is 1.06 bits per heavy atom. The Morgan fingerprint density at radius 3 is 2.56 bits per heavy atom. The molecule has 7 heteroatoms. The summed E-state index contributed by atoms with van der Waals surface area (Å²) in [5, 5.41) is 11.8. The van der Waals surface area contributed by atoms with Crippen LogP contribution in [0, 0.1) is 0 Å². The predicted molar refractivity (Wildman–Crippen MR) is 121 cm³/mol. The molecule has 1 N–H and O–H groups in total.